The van der Waals surface area contributed by atoms with E-state index in [-0.39, 0.29) is 24.2 Å². The highest BCUT2D eigenvalue weighted by molar-refractivity contribution is 6.11. The molecule has 0 aliphatic heterocycles. The summed E-state index contributed by atoms with van der Waals surface area (Å²) in [5, 5.41) is 9.33. The quantitative estimate of drug-likeness (QED) is 0.380. The van der Waals surface area contributed by atoms with Crippen molar-refractivity contribution in [1.29, 1.82) is 0 Å². The van der Waals surface area contributed by atoms with E-state index in [1.807, 2.05) is 67.6 Å². The van der Waals surface area contributed by atoms with Gasteiger partial charge < -0.3 is 14.5 Å². The third kappa shape index (κ3) is 4.80. The smallest absolute Gasteiger partial charge is 0.291 e. The first-order chi connectivity index (χ1) is 17.1. The van der Waals surface area contributed by atoms with Gasteiger partial charge in [-0.05, 0) is 43.4 Å². The number of nitrogens with one attached hydrogen (secondary N) is 2. The van der Waals surface area contributed by atoms with Crippen LogP contribution < -0.4 is 15.5 Å². The van der Waals surface area contributed by atoms with Crippen LogP contribution in [0.2, 0.25) is 0 Å². The van der Waals surface area contributed by atoms with Gasteiger partial charge in [0.25, 0.3) is 11.8 Å². The normalized spacial score (nSPS) is 13.9. The first-order valence-corrected chi connectivity index (χ1v) is 11.5. The molecule has 0 unspecified atom stereocenters. The third-order valence-corrected chi connectivity index (χ3v) is 6.00. The number of carbonyl (C=O) groups excluding carboxylic acids is 2. The van der Waals surface area contributed by atoms with E-state index in [0.717, 1.165) is 28.4 Å². The van der Waals surface area contributed by atoms with E-state index in [1.54, 1.807) is 12.1 Å². The number of furan rings is 1. The van der Waals surface area contributed by atoms with Gasteiger partial charge in [-0.2, -0.15) is 5.10 Å². The molecule has 4 aromatic rings. The van der Waals surface area contributed by atoms with Gasteiger partial charge in [-0.25, -0.2) is 5.43 Å². The molecule has 5 rings (SSSR count). The standard InChI is InChI=1S/C28H25N3O4/c1-18-26-23(30-31-25(32)17-34-20-11-3-2-4-12-20)15-8-16-24(26)35-27(18)28(33)29-22-14-7-10-19-9-5-6-13-21(19)22/h2-7,9-14H,8,15-17H2,1H3,(H,29,33)(H,31,32)/b30-23+. The molecule has 2 N–H and O–H groups in total. The van der Waals surface area contributed by atoms with Crippen LogP contribution in [-0.4, -0.2) is 24.1 Å². The fraction of sp³-hybridized carbons (Fsp3) is 0.179. The van der Waals surface area contributed by atoms with Crippen molar-refractivity contribution in [1.82, 2.24) is 5.43 Å². The number of hydrogen-bond donors (Lipinski definition) is 2. The molecular formula is C28H25N3O4. The van der Waals surface area contributed by atoms with E-state index < -0.39 is 0 Å². The van der Waals surface area contributed by atoms with Crippen LogP contribution in [-0.2, 0) is 11.2 Å². The molecule has 0 fully saturated rings. The Morgan fingerprint density at radius 3 is 2.60 bits per heavy atom. The Hall–Kier alpha value is -4.39. The maximum atomic E-state index is 13.2. The molecule has 176 valence electrons. The van der Waals surface area contributed by atoms with Crippen LogP contribution in [0.5, 0.6) is 5.75 Å². The number of ether oxygens (including phenoxy) is 1. The number of amides is 2. The predicted octanol–water partition coefficient (Wildman–Crippen LogP) is 5.23. The Labute approximate surface area is 202 Å². The molecule has 0 saturated carbocycles. The summed E-state index contributed by atoms with van der Waals surface area (Å²) < 4.78 is 11.5. The van der Waals surface area contributed by atoms with Crippen LogP contribution in [0.15, 0.2) is 82.3 Å². The Morgan fingerprint density at radius 2 is 1.74 bits per heavy atom. The zero-order valence-electron chi connectivity index (χ0n) is 19.3. The molecule has 3 aromatic carbocycles. The second kappa shape index (κ2) is 9.85. The highest BCUT2D eigenvalue weighted by Gasteiger charge is 2.28. The van der Waals surface area contributed by atoms with Gasteiger partial charge in [-0.3, -0.25) is 9.59 Å². The summed E-state index contributed by atoms with van der Waals surface area (Å²) in [5.41, 5.74) is 5.50. The van der Waals surface area contributed by atoms with E-state index in [1.165, 1.54) is 0 Å². The van der Waals surface area contributed by atoms with Gasteiger partial charge >= 0.3 is 0 Å². The third-order valence-electron chi connectivity index (χ3n) is 6.00. The molecule has 0 bridgehead atoms. The van der Waals surface area contributed by atoms with Crippen molar-refractivity contribution < 1.29 is 18.7 Å². The summed E-state index contributed by atoms with van der Waals surface area (Å²) in [7, 11) is 0. The summed E-state index contributed by atoms with van der Waals surface area (Å²) in [5.74, 6) is 0.917. The number of hydrogen-bond acceptors (Lipinski definition) is 5. The lowest BCUT2D eigenvalue weighted by molar-refractivity contribution is -0.123. The highest BCUT2D eigenvalue weighted by Crippen LogP contribution is 2.31. The molecule has 0 spiro atoms. The van der Waals surface area contributed by atoms with Gasteiger partial charge in [-0.1, -0.05) is 54.6 Å². The molecule has 1 aliphatic rings. The fourth-order valence-electron chi connectivity index (χ4n) is 4.34. The van der Waals surface area contributed by atoms with E-state index in [2.05, 4.69) is 15.8 Å². The van der Waals surface area contributed by atoms with Gasteiger partial charge in [0, 0.05) is 28.6 Å². The number of benzene rings is 3. The lowest BCUT2D eigenvalue weighted by Gasteiger charge is -2.13. The number of para-hydroxylation sites is 1. The minimum Gasteiger partial charge on any atom is -0.484 e. The average molecular weight is 468 g/mol. The highest BCUT2D eigenvalue weighted by atomic mass is 16.5. The molecular weight excluding hydrogens is 442 g/mol. The first kappa shape index (κ1) is 22.4. The number of anilines is 1. The van der Waals surface area contributed by atoms with Crippen LogP contribution in [0, 0.1) is 6.92 Å². The summed E-state index contributed by atoms with van der Waals surface area (Å²) in [6.07, 6.45) is 2.21. The molecule has 7 heteroatoms. The molecule has 1 heterocycles. The van der Waals surface area contributed by atoms with Crippen molar-refractivity contribution >= 4 is 34.0 Å². The Morgan fingerprint density at radius 1 is 0.971 bits per heavy atom. The molecule has 0 atom stereocenters. The summed E-state index contributed by atoms with van der Waals surface area (Å²) in [4.78, 5) is 25.4. The van der Waals surface area contributed by atoms with Crippen molar-refractivity contribution in [2.75, 3.05) is 11.9 Å². The lowest BCUT2D eigenvalue weighted by atomic mass is 9.93. The minimum absolute atomic E-state index is 0.142. The van der Waals surface area contributed by atoms with E-state index in [9.17, 15) is 9.59 Å². The first-order valence-electron chi connectivity index (χ1n) is 11.5. The van der Waals surface area contributed by atoms with E-state index >= 15 is 0 Å². The predicted molar refractivity (Wildman–Crippen MR) is 135 cm³/mol. The monoisotopic (exact) mass is 467 g/mol. The maximum absolute atomic E-state index is 13.2. The summed E-state index contributed by atoms with van der Waals surface area (Å²) >= 11 is 0. The van der Waals surface area contributed by atoms with Crippen LogP contribution in [0.25, 0.3) is 10.8 Å². The Kier molecular flexibility index (Phi) is 6.30. The molecule has 1 aliphatic carbocycles. The number of aryl methyl sites for hydroxylation is 1. The second-order valence-electron chi connectivity index (χ2n) is 8.38. The minimum atomic E-state index is -0.358. The number of carbonyl (C=O) groups is 2. The van der Waals surface area contributed by atoms with Gasteiger partial charge in [0.1, 0.15) is 11.5 Å². The summed E-state index contributed by atoms with van der Waals surface area (Å²) in [6, 6.07) is 22.8. The van der Waals surface area contributed by atoms with Crippen molar-refractivity contribution in [2.24, 2.45) is 5.10 Å². The molecule has 0 radical (unpaired) electrons. The van der Waals surface area contributed by atoms with E-state index in [4.69, 9.17) is 9.15 Å². The van der Waals surface area contributed by atoms with Crippen molar-refractivity contribution in [3.8, 4) is 5.75 Å². The Bertz CT molecular complexity index is 1420. The number of hydrazone groups is 1. The van der Waals surface area contributed by atoms with Gasteiger partial charge in [0.15, 0.2) is 12.4 Å². The van der Waals surface area contributed by atoms with Crippen molar-refractivity contribution in [3.05, 3.63) is 95.4 Å². The Balaban J connectivity index is 1.32. The van der Waals surface area contributed by atoms with Crippen LogP contribution in [0.1, 0.15) is 40.3 Å². The average Bonchev–Trinajstić information content (AvgIpc) is 3.24. The molecule has 35 heavy (non-hydrogen) atoms. The number of rotatable bonds is 6. The molecule has 2 amide bonds. The SMILES string of the molecule is Cc1c(C(=O)Nc2cccc3ccccc23)oc2c1/C(=N/NC(=O)COc1ccccc1)CCC2. The largest absolute Gasteiger partial charge is 0.484 e. The lowest BCUT2D eigenvalue weighted by Crippen LogP contribution is -2.27. The zero-order valence-corrected chi connectivity index (χ0v) is 19.3. The zero-order chi connectivity index (χ0) is 24.2. The van der Waals surface area contributed by atoms with Crippen LogP contribution in [0.3, 0.4) is 0 Å². The maximum Gasteiger partial charge on any atom is 0.291 e. The van der Waals surface area contributed by atoms with Gasteiger partial charge in [-0.15, -0.1) is 0 Å². The molecule has 1 aromatic heterocycles. The van der Waals surface area contributed by atoms with Crippen LogP contribution in [0.4, 0.5) is 5.69 Å². The van der Waals surface area contributed by atoms with Crippen molar-refractivity contribution in [3.63, 3.8) is 0 Å². The molecule has 7 nitrogen and oxygen atoms in total. The van der Waals surface area contributed by atoms with Crippen molar-refractivity contribution in [2.45, 2.75) is 26.2 Å². The number of nitrogens with zero attached hydrogens (tertiary/aromatic N) is 1. The summed E-state index contributed by atoms with van der Waals surface area (Å²) in [6.45, 7) is 1.71. The molecule has 0 saturated heterocycles. The van der Waals surface area contributed by atoms with E-state index in [0.29, 0.717) is 35.6 Å². The second-order valence-corrected chi connectivity index (χ2v) is 8.38. The number of fused-ring (bicyclic) bond motifs is 2. The topological polar surface area (TPSA) is 92.9 Å². The fourth-order valence-corrected chi connectivity index (χ4v) is 4.34. The van der Waals surface area contributed by atoms with Gasteiger partial charge in [0.05, 0.1) is 5.71 Å². The van der Waals surface area contributed by atoms with Crippen LogP contribution >= 0.6 is 0 Å². The van der Waals surface area contributed by atoms with Gasteiger partial charge in [0.2, 0.25) is 0 Å².